The number of carboxylic acid groups (broad SMARTS) is 1. The molecule has 5 nitrogen and oxygen atoms in total. The summed E-state index contributed by atoms with van der Waals surface area (Å²) in [5, 5.41) is 12.6. The Labute approximate surface area is 114 Å². The first kappa shape index (κ1) is 15.5. The van der Waals surface area contributed by atoms with Crippen LogP contribution in [0.2, 0.25) is 0 Å². The van der Waals surface area contributed by atoms with Gasteiger partial charge in [-0.2, -0.15) is 0 Å². The fourth-order valence-corrected chi connectivity index (χ4v) is 1.87. The quantitative estimate of drug-likeness (QED) is 0.775. The molecule has 0 aliphatic carbocycles. The lowest BCUT2D eigenvalue weighted by atomic mass is 9.91. The maximum absolute atomic E-state index is 11.6. The highest BCUT2D eigenvalue weighted by Crippen LogP contribution is 2.29. The molecule has 1 atom stereocenters. The van der Waals surface area contributed by atoms with Crippen molar-refractivity contribution in [3.63, 3.8) is 0 Å². The van der Waals surface area contributed by atoms with Crippen molar-refractivity contribution in [2.24, 2.45) is 0 Å². The van der Waals surface area contributed by atoms with Gasteiger partial charge in [0, 0.05) is 18.7 Å². The van der Waals surface area contributed by atoms with E-state index in [-0.39, 0.29) is 0 Å². The highest BCUT2D eigenvalue weighted by atomic mass is 16.5. The molecule has 0 radical (unpaired) electrons. The van der Waals surface area contributed by atoms with E-state index in [4.69, 9.17) is 4.74 Å². The van der Waals surface area contributed by atoms with Crippen molar-refractivity contribution in [1.82, 2.24) is 10.2 Å². The Morgan fingerprint density at radius 1 is 1.42 bits per heavy atom. The summed E-state index contributed by atoms with van der Waals surface area (Å²) < 4.78 is 5.26. The SMILES string of the molecule is COc1ccccc1C(C)(NCCN(C)C)C(=O)O. The normalized spacial score (nSPS) is 14.2. The number of carbonyl (C=O) groups is 1. The van der Waals surface area contributed by atoms with Gasteiger partial charge >= 0.3 is 5.97 Å². The third-order valence-corrected chi connectivity index (χ3v) is 3.11. The van der Waals surface area contributed by atoms with Crippen LogP contribution in [-0.4, -0.2) is 50.3 Å². The van der Waals surface area contributed by atoms with E-state index in [1.807, 2.05) is 31.1 Å². The van der Waals surface area contributed by atoms with E-state index < -0.39 is 11.5 Å². The van der Waals surface area contributed by atoms with Crippen LogP contribution in [0.25, 0.3) is 0 Å². The number of hydrogen-bond acceptors (Lipinski definition) is 4. The summed E-state index contributed by atoms with van der Waals surface area (Å²) in [4.78, 5) is 13.6. The third kappa shape index (κ3) is 3.68. The highest BCUT2D eigenvalue weighted by Gasteiger charge is 2.36. The second-order valence-electron chi connectivity index (χ2n) is 4.86. The Hall–Kier alpha value is -1.59. The fraction of sp³-hybridized carbons (Fsp3) is 0.500. The standard InChI is InChI=1S/C14H22N2O3/c1-14(13(17)18,15-9-10-16(2)3)11-7-5-6-8-12(11)19-4/h5-8,15H,9-10H2,1-4H3,(H,17,18). The van der Waals surface area contributed by atoms with E-state index in [0.717, 1.165) is 6.54 Å². The molecule has 2 N–H and O–H groups in total. The van der Waals surface area contributed by atoms with Crippen molar-refractivity contribution in [2.45, 2.75) is 12.5 Å². The molecule has 0 aliphatic rings. The average Bonchev–Trinajstić information content (AvgIpc) is 2.37. The van der Waals surface area contributed by atoms with Crippen molar-refractivity contribution < 1.29 is 14.6 Å². The first-order valence-corrected chi connectivity index (χ1v) is 6.18. The second-order valence-corrected chi connectivity index (χ2v) is 4.86. The summed E-state index contributed by atoms with van der Waals surface area (Å²) in [7, 11) is 5.44. The summed E-state index contributed by atoms with van der Waals surface area (Å²) in [6.07, 6.45) is 0. The number of methoxy groups -OCH3 is 1. The number of hydrogen-bond donors (Lipinski definition) is 2. The molecule has 1 aromatic carbocycles. The van der Waals surface area contributed by atoms with E-state index in [1.165, 1.54) is 0 Å². The Bertz CT molecular complexity index is 434. The van der Waals surface area contributed by atoms with Gasteiger partial charge in [0.05, 0.1) is 7.11 Å². The van der Waals surface area contributed by atoms with Crippen LogP contribution in [-0.2, 0) is 10.3 Å². The minimum atomic E-state index is -1.16. The Kier molecular flexibility index (Phi) is 5.32. The summed E-state index contributed by atoms with van der Waals surface area (Å²) in [5.74, 6) is -0.347. The van der Waals surface area contributed by atoms with Crippen molar-refractivity contribution in [3.05, 3.63) is 29.8 Å². The zero-order chi connectivity index (χ0) is 14.5. The van der Waals surface area contributed by atoms with Crippen molar-refractivity contribution in [3.8, 4) is 5.75 Å². The molecule has 0 amide bonds. The summed E-state index contributed by atoms with van der Waals surface area (Å²) in [6.45, 7) is 2.99. The van der Waals surface area contributed by atoms with Crippen LogP contribution in [0, 0.1) is 0 Å². The van der Waals surface area contributed by atoms with Crippen LogP contribution < -0.4 is 10.1 Å². The predicted molar refractivity (Wildman–Crippen MR) is 74.5 cm³/mol. The molecule has 0 saturated heterocycles. The second kappa shape index (κ2) is 6.54. The van der Waals surface area contributed by atoms with E-state index in [1.54, 1.807) is 26.2 Å². The molecule has 1 aromatic rings. The zero-order valence-electron chi connectivity index (χ0n) is 11.9. The van der Waals surface area contributed by atoms with Crippen LogP contribution >= 0.6 is 0 Å². The van der Waals surface area contributed by atoms with Gasteiger partial charge in [0.2, 0.25) is 0 Å². The lowest BCUT2D eigenvalue weighted by molar-refractivity contribution is -0.144. The molecule has 106 valence electrons. The van der Waals surface area contributed by atoms with Crippen LogP contribution in [0.5, 0.6) is 5.75 Å². The molecule has 0 heterocycles. The van der Waals surface area contributed by atoms with Gasteiger partial charge in [-0.05, 0) is 27.1 Å². The molecule has 1 rings (SSSR count). The predicted octanol–water partition coefficient (Wildman–Crippen LogP) is 1.15. The number of rotatable bonds is 7. The van der Waals surface area contributed by atoms with Gasteiger partial charge in [-0.15, -0.1) is 0 Å². The molecule has 0 saturated carbocycles. The number of aliphatic carboxylic acids is 1. The lowest BCUT2D eigenvalue weighted by Gasteiger charge is -2.29. The first-order chi connectivity index (χ1) is 8.91. The molecular weight excluding hydrogens is 244 g/mol. The Morgan fingerprint density at radius 3 is 2.58 bits per heavy atom. The van der Waals surface area contributed by atoms with Gasteiger partial charge in [-0.3, -0.25) is 5.32 Å². The molecule has 0 bridgehead atoms. The largest absolute Gasteiger partial charge is 0.496 e. The molecule has 5 heteroatoms. The van der Waals surface area contributed by atoms with Crippen molar-refractivity contribution in [2.75, 3.05) is 34.3 Å². The monoisotopic (exact) mass is 266 g/mol. The van der Waals surface area contributed by atoms with Gasteiger partial charge in [-0.25, -0.2) is 4.79 Å². The molecule has 19 heavy (non-hydrogen) atoms. The minimum absolute atomic E-state index is 0.574. The average molecular weight is 266 g/mol. The number of ether oxygens (including phenoxy) is 1. The number of nitrogens with one attached hydrogen (secondary N) is 1. The summed E-state index contributed by atoms with van der Waals surface area (Å²) >= 11 is 0. The van der Waals surface area contributed by atoms with E-state index in [9.17, 15) is 9.90 Å². The first-order valence-electron chi connectivity index (χ1n) is 6.18. The number of benzene rings is 1. The van der Waals surface area contributed by atoms with Gasteiger partial charge < -0.3 is 14.7 Å². The van der Waals surface area contributed by atoms with Crippen LogP contribution in [0.3, 0.4) is 0 Å². The number of para-hydroxylation sites is 1. The maximum Gasteiger partial charge on any atom is 0.328 e. The molecular formula is C14H22N2O3. The smallest absolute Gasteiger partial charge is 0.328 e. The maximum atomic E-state index is 11.6. The topological polar surface area (TPSA) is 61.8 Å². The van der Waals surface area contributed by atoms with E-state index in [2.05, 4.69) is 5.32 Å². The van der Waals surface area contributed by atoms with Crippen LogP contribution in [0.4, 0.5) is 0 Å². The number of likely N-dealkylation sites (N-methyl/N-ethyl adjacent to an activating group) is 1. The molecule has 0 aromatic heterocycles. The Morgan fingerprint density at radius 2 is 2.05 bits per heavy atom. The fourth-order valence-electron chi connectivity index (χ4n) is 1.87. The molecule has 1 unspecified atom stereocenters. The Balaban J connectivity index is 3.01. The van der Waals surface area contributed by atoms with E-state index in [0.29, 0.717) is 17.9 Å². The zero-order valence-corrected chi connectivity index (χ0v) is 11.9. The lowest BCUT2D eigenvalue weighted by Crippen LogP contribution is -2.48. The highest BCUT2D eigenvalue weighted by molar-refractivity contribution is 5.81. The van der Waals surface area contributed by atoms with E-state index >= 15 is 0 Å². The van der Waals surface area contributed by atoms with Gasteiger partial charge in [-0.1, -0.05) is 18.2 Å². The summed E-state index contributed by atoms with van der Waals surface area (Å²) in [5.41, 5.74) is -0.536. The van der Waals surface area contributed by atoms with Gasteiger partial charge in [0.25, 0.3) is 0 Å². The third-order valence-electron chi connectivity index (χ3n) is 3.11. The molecule has 0 fully saturated rings. The van der Waals surface area contributed by atoms with Crippen LogP contribution in [0.1, 0.15) is 12.5 Å². The van der Waals surface area contributed by atoms with Crippen molar-refractivity contribution >= 4 is 5.97 Å². The minimum Gasteiger partial charge on any atom is -0.496 e. The van der Waals surface area contributed by atoms with Crippen molar-refractivity contribution in [1.29, 1.82) is 0 Å². The number of nitrogens with zero attached hydrogens (tertiary/aromatic N) is 1. The molecule has 0 spiro atoms. The van der Waals surface area contributed by atoms with Gasteiger partial charge in [0.15, 0.2) is 0 Å². The van der Waals surface area contributed by atoms with Crippen LogP contribution in [0.15, 0.2) is 24.3 Å². The number of carboxylic acids is 1. The summed E-state index contributed by atoms with van der Waals surface area (Å²) in [6, 6.07) is 7.18. The molecule has 0 aliphatic heterocycles. The van der Waals surface area contributed by atoms with Gasteiger partial charge in [0.1, 0.15) is 11.3 Å².